The van der Waals surface area contributed by atoms with Crippen LogP contribution < -0.4 is 10.9 Å². The number of anilines is 1. The molecule has 27 heavy (non-hydrogen) atoms. The number of carbonyl (C=O) groups is 1. The lowest BCUT2D eigenvalue weighted by atomic mass is 10.2. The van der Waals surface area contributed by atoms with Crippen LogP contribution in [0.3, 0.4) is 0 Å². The molecule has 1 aromatic heterocycles. The maximum absolute atomic E-state index is 13.2. The lowest BCUT2D eigenvalue weighted by molar-refractivity contribution is -0.116. The van der Waals surface area contributed by atoms with Crippen LogP contribution in [0.2, 0.25) is 5.02 Å². The minimum Gasteiger partial charge on any atom is -0.324 e. The maximum atomic E-state index is 13.2. The maximum Gasteiger partial charge on any atom is 0.254 e. The first-order valence-electron chi connectivity index (χ1n) is 8.38. The Balaban J connectivity index is 1.95. The summed E-state index contributed by atoms with van der Waals surface area (Å²) in [6, 6.07) is 13.8. The predicted octanol–water partition coefficient (Wildman–Crippen LogP) is 3.90. The molecule has 138 valence electrons. The Morgan fingerprint density at radius 1 is 1.19 bits per heavy atom. The molecule has 0 aliphatic heterocycles. The zero-order valence-electron chi connectivity index (χ0n) is 14.6. The third-order valence-corrected chi connectivity index (χ3v) is 4.17. The van der Waals surface area contributed by atoms with Crippen LogP contribution in [0.4, 0.5) is 10.1 Å². The molecule has 3 aromatic rings. The number of amides is 1. The van der Waals surface area contributed by atoms with Gasteiger partial charge in [0.25, 0.3) is 5.56 Å². The van der Waals surface area contributed by atoms with E-state index in [9.17, 15) is 14.0 Å². The summed E-state index contributed by atoms with van der Waals surface area (Å²) in [6.45, 7) is 1.65. The molecule has 2 aromatic carbocycles. The molecule has 0 unspecified atom stereocenters. The molecule has 0 aliphatic carbocycles. The summed E-state index contributed by atoms with van der Waals surface area (Å²) in [4.78, 5) is 29.5. The van der Waals surface area contributed by atoms with E-state index >= 15 is 0 Å². The molecule has 7 heteroatoms. The number of aryl methyl sites for hydroxylation is 1. The van der Waals surface area contributed by atoms with E-state index in [1.165, 1.54) is 34.9 Å². The lowest BCUT2D eigenvalue weighted by Gasteiger charge is -2.13. The van der Waals surface area contributed by atoms with E-state index in [-0.39, 0.29) is 12.1 Å². The van der Waals surface area contributed by atoms with Gasteiger partial charge in [0.15, 0.2) is 0 Å². The number of carbonyl (C=O) groups excluding carboxylic acids is 1. The Bertz CT molecular complexity index is 1030. The van der Waals surface area contributed by atoms with Gasteiger partial charge < -0.3 is 5.32 Å². The van der Waals surface area contributed by atoms with Crippen LogP contribution in [0.25, 0.3) is 11.4 Å². The van der Waals surface area contributed by atoms with Crippen LogP contribution in [0.1, 0.15) is 12.6 Å². The van der Waals surface area contributed by atoms with Crippen LogP contribution in [0.5, 0.6) is 0 Å². The van der Waals surface area contributed by atoms with Crippen molar-refractivity contribution in [3.05, 3.63) is 81.5 Å². The minimum atomic E-state index is -0.395. The van der Waals surface area contributed by atoms with Crippen LogP contribution in [-0.2, 0) is 17.8 Å². The van der Waals surface area contributed by atoms with E-state index in [1.807, 2.05) is 6.92 Å². The van der Waals surface area contributed by atoms with E-state index in [2.05, 4.69) is 10.3 Å². The molecule has 0 saturated heterocycles. The van der Waals surface area contributed by atoms with Crippen molar-refractivity contribution in [1.29, 1.82) is 0 Å². The van der Waals surface area contributed by atoms with Crippen molar-refractivity contribution in [2.24, 2.45) is 0 Å². The van der Waals surface area contributed by atoms with Gasteiger partial charge in [0, 0.05) is 28.0 Å². The molecule has 0 bridgehead atoms. The van der Waals surface area contributed by atoms with Gasteiger partial charge in [0.1, 0.15) is 18.2 Å². The van der Waals surface area contributed by atoms with Gasteiger partial charge >= 0.3 is 0 Å². The number of nitrogens with zero attached hydrogens (tertiary/aromatic N) is 2. The molecule has 0 radical (unpaired) electrons. The van der Waals surface area contributed by atoms with Crippen molar-refractivity contribution in [3.8, 4) is 11.4 Å². The average Bonchev–Trinajstić information content (AvgIpc) is 2.64. The zero-order valence-corrected chi connectivity index (χ0v) is 15.3. The average molecular weight is 386 g/mol. The third kappa shape index (κ3) is 4.60. The van der Waals surface area contributed by atoms with Crippen LogP contribution in [-0.4, -0.2) is 15.5 Å². The first kappa shape index (κ1) is 18.8. The van der Waals surface area contributed by atoms with E-state index in [0.29, 0.717) is 34.2 Å². The summed E-state index contributed by atoms with van der Waals surface area (Å²) >= 11 is 5.92. The van der Waals surface area contributed by atoms with E-state index in [4.69, 9.17) is 11.6 Å². The summed E-state index contributed by atoms with van der Waals surface area (Å²) in [7, 11) is 0. The largest absolute Gasteiger partial charge is 0.324 e. The molecule has 1 heterocycles. The second-order valence-electron chi connectivity index (χ2n) is 5.91. The quantitative estimate of drug-likeness (QED) is 0.724. The summed E-state index contributed by atoms with van der Waals surface area (Å²) in [5.41, 5.74) is 1.34. The molecule has 3 rings (SSSR count). The number of rotatable bonds is 5. The van der Waals surface area contributed by atoms with Crippen molar-refractivity contribution < 1.29 is 9.18 Å². The molecule has 1 amide bonds. The lowest BCUT2D eigenvalue weighted by Crippen LogP contribution is -2.30. The fourth-order valence-electron chi connectivity index (χ4n) is 2.62. The highest BCUT2D eigenvalue weighted by molar-refractivity contribution is 6.30. The summed E-state index contributed by atoms with van der Waals surface area (Å²) in [5.74, 6) is -0.465. The molecule has 5 nitrogen and oxygen atoms in total. The first-order valence-corrected chi connectivity index (χ1v) is 8.76. The number of halogens is 2. The summed E-state index contributed by atoms with van der Waals surface area (Å²) < 4.78 is 14.5. The highest BCUT2D eigenvalue weighted by atomic mass is 35.5. The van der Waals surface area contributed by atoms with Gasteiger partial charge in [0.05, 0.1) is 0 Å². The highest BCUT2D eigenvalue weighted by Gasteiger charge is 2.14. The first-order chi connectivity index (χ1) is 13.0. The van der Waals surface area contributed by atoms with Crippen molar-refractivity contribution >= 4 is 23.2 Å². The minimum absolute atomic E-state index is 0.227. The van der Waals surface area contributed by atoms with Gasteiger partial charge in [-0.25, -0.2) is 9.37 Å². The Kier molecular flexibility index (Phi) is 5.66. The van der Waals surface area contributed by atoms with Crippen molar-refractivity contribution in [2.45, 2.75) is 19.9 Å². The van der Waals surface area contributed by atoms with Crippen molar-refractivity contribution in [1.82, 2.24) is 9.55 Å². The molecular weight excluding hydrogens is 369 g/mol. The second kappa shape index (κ2) is 8.14. The molecule has 0 atom stereocenters. The van der Waals surface area contributed by atoms with E-state index in [1.54, 1.807) is 24.3 Å². The Hall–Kier alpha value is -2.99. The SMILES string of the molecule is CCc1cc(=O)n(CC(=O)Nc2cccc(Cl)c2)c(-c2ccc(F)cc2)n1. The van der Waals surface area contributed by atoms with Gasteiger partial charge in [-0.15, -0.1) is 0 Å². The standard InChI is InChI=1S/C20H17ClFN3O2/c1-2-16-11-19(27)25(20(24-16)13-6-8-15(22)9-7-13)12-18(26)23-17-5-3-4-14(21)10-17/h3-11H,2,12H2,1H3,(H,23,26). The van der Waals surface area contributed by atoms with Crippen LogP contribution in [0, 0.1) is 5.82 Å². The molecule has 0 fully saturated rings. The smallest absolute Gasteiger partial charge is 0.254 e. The van der Waals surface area contributed by atoms with Crippen molar-refractivity contribution in [3.63, 3.8) is 0 Å². The van der Waals surface area contributed by atoms with Gasteiger partial charge in [-0.05, 0) is 48.9 Å². The fraction of sp³-hybridized carbons (Fsp3) is 0.150. The second-order valence-corrected chi connectivity index (χ2v) is 6.35. The van der Waals surface area contributed by atoms with Gasteiger partial charge in [-0.1, -0.05) is 24.6 Å². The molecule has 0 saturated carbocycles. The van der Waals surface area contributed by atoms with Gasteiger partial charge in [-0.3, -0.25) is 14.2 Å². The van der Waals surface area contributed by atoms with E-state index in [0.717, 1.165) is 0 Å². The molecule has 0 aliphatic rings. The zero-order chi connectivity index (χ0) is 19.4. The Morgan fingerprint density at radius 2 is 1.93 bits per heavy atom. The number of nitrogens with one attached hydrogen (secondary N) is 1. The summed E-state index contributed by atoms with van der Waals surface area (Å²) in [5, 5.41) is 3.20. The normalized spacial score (nSPS) is 10.6. The van der Waals surface area contributed by atoms with Crippen LogP contribution >= 0.6 is 11.6 Å². The fourth-order valence-corrected chi connectivity index (χ4v) is 2.81. The number of hydrogen-bond donors (Lipinski definition) is 1. The van der Waals surface area contributed by atoms with Gasteiger partial charge in [0.2, 0.25) is 5.91 Å². The van der Waals surface area contributed by atoms with Crippen molar-refractivity contribution in [2.75, 3.05) is 5.32 Å². The topological polar surface area (TPSA) is 64.0 Å². The number of hydrogen-bond acceptors (Lipinski definition) is 3. The van der Waals surface area contributed by atoms with Gasteiger partial charge in [-0.2, -0.15) is 0 Å². The van der Waals surface area contributed by atoms with Crippen LogP contribution in [0.15, 0.2) is 59.4 Å². The predicted molar refractivity (Wildman–Crippen MR) is 103 cm³/mol. The monoisotopic (exact) mass is 385 g/mol. The summed E-state index contributed by atoms with van der Waals surface area (Å²) in [6.07, 6.45) is 0.568. The Morgan fingerprint density at radius 3 is 2.59 bits per heavy atom. The Labute approximate surface area is 160 Å². The molecule has 1 N–H and O–H groups in total. The van der Waals surface area contributed by atoms with E-state index < -0.39 is 11.7 Å². The molecule has 0 spiro atoms. The highest BCUT2D eigenvalue weighted by Crippen LogP contribution is 2.18. The number of benzene rings is 2. The molecular formula is C20H17ClFN3O2. The third-order valence-electron chi connectivity index (χ3n) is 3.94. The number of aromatic nitrogens is 2.